The Morgan fingerprint density at radius 2 is 2.05 bits per heavy atom. The molecule has 2 saturated heterocycles. The van der Waals surface area contributed by atoms with Crippen molar-refractivity contribution >= 4 is 35.0 Å². The summed E-state index contributed by atoms with van der Waals surface area (Å²) < 4.78 is 23.0. The highest BCUT2D eigenvalue weighted by Gasteiger charge is 2.32. The lowest BCUT2D eigenvalue weighted by atomic mass is 10.0. The molecule has 1 atom stereocenters. The number of amides is 2. The monoisotopic (exact) mass is 564 g/mol. The molecule has 0 radical (unpaired) electrons. The highest BCUT2D eigenvalue weighted by Crippen LogP contribution is 2.27. The van der Waals surface area contributed by atoms with Gasteiger partial charge < -0.3 is 20.7 Å². The van der Waals surface area contributed by atoms with Gasteiger partial charge in [-0.15, -0.1) is 0 Å². The number of imide groups is 1. The molecule has 4 heterocycles. The highest BCUT2D eigenvalue weighted by molar-refractivity contribution is 6.20. The van der Waals surface area contributed by atoms with Crippen molar-refractivity contribution in [3.63, 3.8) is 0 Å². The van der Waals surface area contributed by atoms with Gasteiger partial charge in [0.25, 0.3) is 11.8 Å². The number of rotatable bonds is 9. The number of piperidine rings is 1. The van der Waals surface area contributed by atoms with Crippen molar-refractivity contribution in [3.05, 3.63) is 54.0 Å². The number of aromatic nitrogens is 4. The van der Waals surface area contributed by atoms with Crippen molar-refractivity contribution in [3.8, 4) is 0 Å². The van der Waals surface area contributed by atoms with Crippen molar-refractivity contribution in [2.45, 2.75) is 70.5 Å². The Balaban J connectivity index is 1.43. The predicted molar refractivity (Wildman–Crippen MR) is 154 cm³/mol. The molecule has 41 heavy (non-hydrogen) atoms. The van der Waals surface area contributed by atoms with Gasteiger partial charge in [0.2, 0.25) is 11.9 Å². The third-order valence-electron chi connectivity index (χ3n) is 7.53. The molecule has 1 aromatic carbocycles. The minimum Gasteiger partial charge on any atom is -0.381 e. The number of nitrogens with one attached hydrogen (secondary N) is 3. The maximum atomic E-state index is 15.9. The zero-order valence-corrected chi connectivity index (χ0v) is 23.5. The van der Waals surface area contributed by atoms with Crippen LogP contribution in [0.4, 0.5) is 22.0 Å². The SMILES string of the molecule is C=CC(=O)N(C(=O)C1CCCCN1)c1cccc(CNc2nc(NC3CCOCC3)nc3c(C(C)C)cnn23)c1F. The summed E-state index contributed by atoms with van der Waals surface area (Å²) in [4.78, 5) is 36.4. The average Bonchev–Trinajstić information content (AvgIpc) is 3.43. The van der Waals surface area contributed by atoms with Crippen LogP contribution in [-0.4, -0.2) is 63.2 Å². The van der Waals surface area contributed by atoms with Crippen molar-refractivity contribution in [2.24, 2.45) is 0 Å². The Morgan fingerprint density at radius 1 is 1.24 bits per heavy atom. The molecule has 0 saturated carbocycles. The fraction of sp³-hybridized carbons (Fsp3) is 0.483. The Kier molecular flexibility index (Phi) is 8.89. The van der Waals surface area contributed by atoms with Gasteiger partial charge in [0.15, 0.2) is 11.5 Å². The fourth-order valence-electron chi connectivity index (χ4n) is 5.21. The summed E-state index contributed by atoms with van der Waals surface area (Å²) in [7, 11) is 0. The van der Waals surface area contributed by atoms with Crippen LogP contribution in [0.15, 0.2) is 37.1 Å². The summed E-state index contributed by atoms with van der Waals surface area (Å²) in [5.74, 6) is -0.804. The van der Waals surface area contributed by atoms with Gasteiger partial charge >= 0.3 is 0 Å². The van der Waals surface area contributed by atoms with E-state index in [1.807, 2.05) is 0 Å². The molecule has 11 nitrogen and oxygen atoms in total. The minimum absolute atomic E-state index is 0.0331. The lowest BCUT2D eigenvalue weighted by molar-refractivity contribution is -0.126. The lowest BCUT2D eigenvalue weighted by Crippen LogP contribution is -2.50. The molecule has 5 rings (SSSR count). The maximum Gasteiger partial charge on any atom is 0.257 e. The zero-order valence-electron chi connectivity index (χ0n) is 23.5. The molecule has 218 valence electrons. The van der Waals surface area contributed by atoms with Crippen molar-refractivity contribution in [2.75, 3.05) is 35.3 Å². The molecule has 2 aliphatic rings. The number of anilines is 3. The van der Waals surface area contributed by atoms with E-state index in [2.05, 4.69) is 46.5 Å². The minimum atomic E-state index is -0.675. The third kappa shape index (κ3) is 6.23. The predicted octanol–water partition coefficient (Wildman–Crippen LogP) is 3.78. The van der Waals surface area contributed by atoms with E-state index in [0.29, 0.717) is 43.7 Å². The van der Waals surface area contributed by atoms with Gasteiger partial charge in [0.1, 0.15) is 0 Å². The van der Waals surface area contributed by atoms with Crippen molar-refractivity contribution in [1.29, 1.82) is 0 Å². The van der Waals surface area contributed by atoms with Gasteiger partial charge in [-0.05, 0) is 50.3 Å². The molecule has 0 spiro atoms. The van der Waals surface area contributed by atoms with Crippen LogP contribution in [0, 0.1) is 5.82 Å². The van der Waals surface area contributed by atoms with Crippen LogP contribution in [0.5, 0.6) is 0 Å². The number of ether oxygens (including phenoxy) is 1. The molecule has 2 aromatic heterocycles. The number of carbonyl (C=O) groups is 2. The van der Waals surface area contributed by atoms with Crippen LogP contribution in [0.3, 0.4) is 0 Å². The first-order valence-corrected chi connectivity index (χ1v) is 14.2. The van der Waals surface area contributed by atoms with Gasteiger partial charge in [0, 0.05) is 36.9 Å². The van der Waals surface area contributed by atoms with E-state index >= 15 is 4.39 Å². The van der Waals surface area contributed by atoms with E-state index in [9.17, 15) is 9.59 Å². The summed E-state index contributed by atoms with van der Waals surface area (Å²) in [5.41, 5.74) is 1.78. The zero-order chi connectivity index (χ0) is 28.9. The quantitative estimate of drug-likeness (QED) is 0.333. The standard InChI is InChI=1S/C29H37FN8O3/c1-4-24(39)37(27(40)22-9-5-6-13-31-22)23-10-7-8-19(25(23)30)16-32-29-36-28(34-20-11-14-41-15-12-20)35-26-21(18(2)3)17-33-38(26)29/h4,7-8,10,17-18,20,22,31H,1,5-6,9,11-16H2,2-3H3,(H2,32,34,35,36). The molecular formula is C29H37FN8O3. The van der Waals surface area contributed by atoms with Crippen LogP contribution >= 0.6 is 0 Å². The van der Waals surface area contributed by atoms with E-state index < -0.39 is 23.7 Å². The van der Waals surface area contributed by atoms with Crippen LogP contribution < -0.4 is 20.9 Å². The van der Waals surface area contributed by atoms with Crippen molar-refractivity contribution in [1.82, 2.24) is 24.9 Å². The molecule has 0 bridgehead atoms. The van der Waals surface area contributed by atoms with E-state index in [4.69, 9.17) is 9.72 Å². The van der Waals surface area contributed by atoms with Crippen LogP contribution in [0.1, 0.15) is 63.0 Å². The topological polar surface area (TPSA) is 126 Å². The summed E-state index contributed by atoms with van der Waals surface area (Å²) in [6, 6.07) is 4.29. The Morgan fingerprint density at radius 3 is 2.76 bits per heavy atom. The van der Waals surface area contributed by atoms with Crippen LogP contribution in [0.2, 0.25) is 0 Å². The number of halogens is 1. The first kappa shape index (κ1) is 28.6. The molecule has 2 aliphatic heterocycles. The normalized spacial score (nSPS) is 17.9. The smallest absolute Gasteiger partial charge is 0.257 e. The Labute approximate surface area is 238 Å². The van der Waals surface area contributed by atoms with E-state index in [1.54, 1.807) is 22.8 Å². The van der Waals surface area contributed by atoms with Crippen LogP contribution in [0.25, 0.3) is 5.65 Å². The van der Waals surface area contributed by atoms with Crippen LogP contribution in [-0.2, 0) is 20.9 Å². The fourth-order valence-corrected chi connectivity index (χ4v) is 5.21. The first-order chi connectivity index (χ1) is 19.9. The summed E-state index contributed by atoms with van der Waals surface area (Å²) >= 11 is 0. The molecule has 3 N–H and O–H groups in total. The number of hydrogen-bond donors (Lipinski definition) is 3. The molecule has 2 amide bonds. The summed E-state index contributed by atoms with van der Waals surface area (Å²) in [6.45, 7) is 9.71. The molecule has 3 aromatic rings. The van der Waals surface area contributed by atoms with Gasteiger partial charge in [-0.2, -0.15) is 19.6 Å². The lowest BCUT2D eigenvalue weighted by Gasteiger charge is -2.28. The number of nitrogens with zero attached hydrogens (tertiary/aromatic N) is 5. The highest BCUT2D eigenvalue weighted by atomic mass is 19.1. The first-order valence-electron chi connectivity index (χ1n) is 14.2. The van der Waals surface area contributed by atoms with E-state index in [-0.39, 0.29) is 29.8 Å². The Hall–Kier alpha value is -3.90. The largest absolute Gasteiger partial charge is 0.381 e. The number of fused-ring (bicyclic) bond motifs is 1. The maximum absolute atomic E-state index is 15.9. The molecular weight excluding hydrogens is 527 g/mol. The summed E-state index contributed by atoms with van der Waals surface area (Å²) in [5, 5.41) is 14.2. The van der Waals surface area contributed by atoms with Gasteiger partial charge in [-0.3, -0.25) is 9.59 Å². The third-order valence-corrected chi connectivity index (χ3v) is 7.53. The molecule has 0 aliphatic carbocycles. The molecule has 1 unspecified atom stereocenters. The molecule has 12 heteroatoms. The second-order valence-corrected chi connectivity index (χ2v) is 10.7. The van der Waals surface area contributed by atoms with Gasteiger partial charge in [-0.25, -0.2) is 9.29 Å². The van der Waals surface area contributed by atoms with E-state index in [0.717, 1.165) is 42.2 Å². The number of hydrogen-bond acceptors (Lipinski definition) is 9. The summed E-state index contributed by atoms with van der Waals surface area (Å²) in [6.07, 6.45) is 6.88. The second kappa shape index (κ2) is 12.7. The Bertz CT molecular complexity index is 1410. The second-order valence-electron chi connectivity index (χ2n) is 10.7. The molecule has 2 fully saturated rings. The average molecular weight is 565 g/mol. The van der Waals surface area contributed by atoms with Gasteiger partial charge in [-0.1, -0.05) is 39.0 Å². The van der Waals surface area contributed by atoms with E-state index in [1.165, 1.54) is 6.07 Å². The number of carbonyl (C=O) groups excluding carboxylic acids is 2. The van der Waals surface area contributed by atoms with Crippen molar-refractivity contribution < 1.29 is 18.7 Å². The van der Waals surface area contributed by atoms with Gasteiger partial charge in [0.05, 0.1) is 17.9 Å². The number of benzene rings is 1.